The van der Waals surface area contributed by atoms with Crippen LogP contribution in [0.5, 0.6) is 0 Å². The third-order valence-electron chi connectivity index (χ3n) is 3.34. The Morgan fingerprint density at radius 2 is 2.19 bits per heavy atom. The molecule has 0 bridgehead atoms. The van der Waals surface area contributed by atoms with Crippen LogP contribution in [0.2, 0.25) is 0 Å². The number of halogens is 2. The van der Waals surface area contributed by atoms with Crippen LogP contribution in [0, 0.1) is 5.92 Å². The topological polar surface area (TPSA) is 3.24 Å². The molecule has 1 aliphatic heterocycles. The number of nitrogens with zero attached hydrogens (tertiary/aromatic N) is 1. The van der Waals surface area contributed by atoms with Crippen molar-refractivity contribution < 1.29 is 0 Å². The minimum absolute atomic E-state index is 0.670. The molecular weight excluding hydrogens is 350 g/mol. The van der Waals surface area contributed by atoms with Gasteiger partial charge in [0, 0.05) is 20.7 Å². The average molecular weight is 367 g/mol. The molecular formula is C12H17Br2NS. The highest BCUT2D eigenvalue weighted by Crippen LogP contribution is 2.28. The molecule has 1 unspecified atom stereocenters. The number of alkyl halides is 1. The van der Waals surface area contributed by atoms with E-state index in [2.05, 4.69) is 55.1 Å². The molecule has 4 heteroatoms. The molecule has 0 spiro atoms. The Hall–Kier alpha value is 0.620. The molecule has 2 heterocycles. The molecule has 16 heavy (non-hydrogen) atoms. The van der Waals surface area contributed by atoms with Crippen LogP contribution in [0.4, 0.5) is 0 Å². The molecule has 1 aromatic heterocycles. The maximum Gasteiger partial charge on any atom is 0.0339 e. The van der Waals surface area contributed by atoms with Crippen LogP contribution in [0.15, 0.2) is 15.9 Å². The summed E-state index contributed by atoms with van der Waals surface area (Å²) < 4.78 is 1.27. The predicted octanol–water partition coefficient (Wildman–Crippen LogP) is 4.51. The summed E-state index contributed by atoms with van der Waals surface area (Å²) in [6, 6.07) is 2.15. The first-order valence-corrected chi connectivity index (χ1v) is 8.34. The second-order valence-corrected chi connectivity index (χ2v) is 7.78. The van der Waals surface area contributed by atoms with Gasteiger partial charge in [-0.1, -0.05) is 22.9 Å². The molecule has 1 aliphatic rings. The van der Waals surface area contributed by atoms with Crippen molar-refractivity contribution in [3.63, 3.8) is 0 Å². The zero-order chi connectivity index (χ0) is 11.5. The van der Waals surface area contributed by atoms with Crippen LogP contribution >= 0.6 is 43.2 Å². The van der Waals surface area contributed by atoms with Crippen LogP contribution < -0.4 is 0 Å². The Balaban J connectivity index is 1.84. The quantitative estimate of drug-likeness (QED) is 0.711. The molecule has 0 aromatic carbocycles. The molecule has 0 amide bonds. The van der Waals surface area contributed by atoms with Gasteiger partial charge in [0.1, 0.15) is 0 Å². The summed E-state index contributed by atoms with van der Waals surface area (Å²) in [6.07, 6.45) is 2.66. The van der Waals surface area contributed by atoms with E-state index in [0.29, 0.717) is 4.83 Å². The molecule has 0 aliphatic carbocycles. The number of thiophene rings is 1. The molecule has 1 nitrogen and oxygen atoms in total. The van der Waals surface area contributed by atoms with Crippen molar-refractivity contribution in [2.45, 2.75) is 31.1 Å². The molecule has 1 fully saturated rings. The molecule has 0 N–H and O–H groups in total. The lowest BCUT2D eigenvalue weighted by molar-refractivity contribution is 0.179. The van der Waals surface area contributed by atoms with Gasteiger partial charge in [-0.25, -0.2) is 0 Å². The third-order valence-corrected chi connectivity index (χ3v) is 6.00. The van der Waals surface area contributed by atoms with E-state index in [9.17, 15) is 0 Å². The Bertz CT molecular complexity index is 330. The molecule has 1 atom stereocenters. The molecule has 2 rings (SSSR count). The Labute approximate surface area is 118 Å². The van der Waals surface area contributed by atoms with Crippen LogP contribution in [-0.2, 0) is 6.54 Å². The van der Waals surface area contributed by atoms with Crippen molar-refractivity contribution in [2.24, 2.45) is 5.92 Å². The van der Waals surface area contributed by atoms with Crippen molar-refractivity contribution in [3.8, 4) is 0 Å². The summed E-state index contributed by atoms with van der Waals surface area (Å²) in [7, 11) is 0. The van der Waals surface area contributed by atoms with Gasteiger partial charge in [0.2, 0.25) is 0 Å². The summed E-state index contributed by atoms with van der Waals surface area (Å²) in [6.45, 7) is 5.87. The zero-order valence-electron chi connectivity index (χ0n) is 9.46. The van der Waals surface area contributed by atoms with Gasteiger partial charge >= 0.3 is 0 Å². The summed E-state index contributed by atoms with van der Waals surface area (Å²) in [4.78, 5) is 4.70. The van der Waals surface area contributed by atoms with Gasteiger partial charge in [0.25, 0.3) is 0 Å². The van der Waals surface area contributed by atoms with Crippen LogP contribution in [0.25, 0.3) is 0 Å². The average Bonchev–Trinajstić information content (AvgIpc) is 2.65. The molecule has 0 radical (unpaired) electrons. The Morgan fingerprint density at radius 3 is 2.69 bits per heavy atom. The highest BCUT2D eigenvalue weighted by atomic mass is 79.9. The monoisotopic (exact) mass is 365 g/mol. The van der Waals surface area contributed by atoms with E-state index in [0.717, 1.165) is 12.5 Å². The first kappa shape index (κ1) is 13.1. The second kappa shape index (κ2) is 5.98. The maximum atomic E-state index is 3.70. The van der Waals surface area contributed by atoms with Crippen LogP contribution in [0.3, 0.4) is 0 Å². The van der Waals surface area contributed by atoms with Crippen molar-refractivity contribution in [1.82, 2.24) is 4.90 Å². The lowest BCUT2D eigenvalue weighted by atomic mass is 9.94. The lowest BCUT2D eigenvalue weighted by Crippen LogP contribution is -2.35. The van der Waals surface area contributed by atoms with E-state index >= 15 is 0 Å². The fraction of sp³-hybridized carbons (Fsp3) is 0.667. The molecule has 0 saturated carbocycles. The fourth-order valence-corrected chi connectivity index (χ4v) is 4.26. The Kier molecular flexibility index (Phi) is 4.89. The second-order valence-electron chi connectivity index (χ2n) is 4.48. The number of hydrogen-bond acceptors (Lipinski definition) is 2. The lowest BCUT2D eigenvalue weighted by Gasteiger charge is -2.33. The first-order chi connectivity index (χ1) is 7.66. The summed E-state index contributed by atoms with van der Waals surface area (Å²) >= 11 is 9.16. The van der Waals surface area contributed by atoms with E-state index in [1.807, 2.05) is 11.3 Å². The van der Waals surface area contributed by atoms with Crippen molar-refractivity contribution in [1.29, 1.82) is 0 Å². The van der Waals surface area contributed by atoms with Crippen molar-refractivity contribution in [2.75, 3.05) is 13.1 Å². The Morgan fingerprint density at radius 1 is 1.50 bits per heavy atom. The van der Waals surface area contributed by atoms with Gasteiger partial charge in [-0.15, -0.1) is 11.3 Å². The standard InChI is InChI=1S/C12H17Br2NS/c1-9(13)10-2-5-15(6-3-10)8-12-11(14)4-7-16-12/h4,7,9-10H,2-3,5-6,8H2,1H3. The van der Waals surface area contributed by atoms with Crippen molar-refractivity contribution >= 4 is 43.2 Å². The van der Waals surface area contributed by atoms with Gasteiger partial charge in [-0.05, 0) is 59.2 Å². The largest absolute Gasteiger partial charge is 0.298 e. The summed E-state index contributed by atoms with van der Waals surface area (Å²) in [5, 5.41) is 2.16. The number of likely N-dealkylation sites (tertiary alicyclic amines) is 1. The fourth-order valence-electron chi connectivity index (χ4n) is 2.21. The number of piperidine rings is 1. The highest BCUT2D eigenvalue weighted by Gasteiger charge is 2.22. The van der Waals surface area contributed by atoms with Gasteiger partial charge < -0.3 is 0 Å². The highest BCUT2D eigenvalue weighted by molar-refractivity contribution is 9.10. The molecule has 1 saturated heterocycles. The van der Waals surface area contributed by atoms with E-state index in [1.54, 1.807) is 0 Å². The minimum atomic E-state index is 0.670. The van der Waals surface area contributed by atoms with Crippen LogP contribution in [-0.4, -0.2) is 22.8 Å². The van der Waals surface area contributed by atoms with Gasteiger partial charge in [-0.3, -0.25) is 4.90 Å². The minimum Gasteiger partial charge on any atom is -0.298 e. The normalized spacial score (nSPS) is 21.2. The third kappa shape index (κ3) is 3.31. The van der Waals surface area contributed by atoms with Crippen LogP contribution in [0.1, 0.15) is 24.6 Å². The SMILES string of the molecule is CC(Br)C1CCN(Cc2sccc2Br)CC1. The summed E-state index contributed by atoms with van der Waals surface area (Å²) in [5.74, 6) is 0.864. The van der Waals surface area contributed by atoms with E-state index in [-0.39, 0.29) is 0 Å². The first-order valence-electron chi connectivity index (χ1n) is 5.75. The number of hydrogen-bond donors (Lipinski definition) is 0. The smallest absolute Gasteiger partial charge is 0.0339 e. The number of rotatable bonds is 3. The predicted molar refractivity (Wildman–Crippen MR) is 78.4 cm³/mol. The molecule has 1 aromatic rings. The maximum absolute atomic E-state index is 3.70. The van der Waals surface area contributed by atoms with Crippen molar-refractivity contribution in [3.05, 3.63) is 20.8 Å². The van der Waals surface area contributed by atoms with Gasteiger partial charge in [0.15, 0.2) is 0 Å². The van der Waals surface area contributed by atoms with Gasteiger partial charge in [0.05, 0.1) is 0 Å². The van der Waals surface area contributed by atoms with E-state index < -0.39 is 0 Å². The molecule has 90 valence electrons. The summed E-state index contributed by atoms with van der Waals surface area (Å²) in [5.41, 5.74) is 0. The van der Waals surface area contributed by atoms with E-state index in [4.69, 9.17) is 0 Å². The van der Waals surface area contributed by atoms with Gasteiger partial charge in [-0.2, -0.15) is 0 Å². The zero-order valence-corrected chi connectivity index (χ0v) is 13.4. The van der Waals surface area contributed by atoms with E-state index in [1.165, 1.54) is 35.3 Å².